The van der Waals surface area contributed by atoms with Crippen molar-refractivity contribution in [3.8, 4) is 22.6 Å². The largest absolute Gasteiger partial charge is 0.277 e. The van der Waals surface area contributed by atoms with E-state index in [0.717, 1.165) is 0 Å². The Labute approximate surface area is 145 Å². The predicted molar refractivity (Wildman–Crippen MR) is 98.6 cm³/mol. The number of aromatic nitrogens is 2. The highest BCUT2D eigenvalue weighted by Gasteiger charge is 2.23. The van der Waals surface area contributed by atoms with E-state index in [0.29, 0.717) is 0 Å². The van der Waals surface area contributed by atoms with Gasteiger partial charge in [0, 0.05) is 29.3 Å². The molecule has 24 heavy (non-hydrogen) atoms. The molecule has 2 heteroatoms. The number of benzene rings is 1. The van der Waals surface area contributed by atoms with Crippen LogP contribution in [0.1, 0.15) is 22.3 Å². The molecule has 2 nitrogen and oxygen atoms in total. The van der Waals surface area contributed by atoms with E-state index < -0.39 is 0 Å². The van der Waals surface area contributed by atoms with Crippen molar-refractivity contribution in [2.75, 3.05) is 0 Å². The van der Waals surface area contributed by atoms with Crippen LogP contribution in [0.25, 0.3) is 22.6 Å². The zero-order valence-corrected chi connectivity index (χ0v) is 15.5. The lowest BCUT2D eigenvalue weighted by atomic mass is 9.98. The summed E-state index contributed by atoms with van der Waals surface area (Å²) in [5.41, 5.74) is 10.2. The molecule has 0 radical (unpaired) electrons. The van der Waals surface area contributed by atoms with Gasteiger partial charge in [0.1, 0.15) is 14.1 Å². The molecule has 0 amide bonds. The first-order valence-corrected chi connectivity index (χ1v) is 8.42. The third-order valence-corrected chi connectivity index (χ3v) is 4.89. The summed E-state index contributed by atoms with van der Waals surface area (Å²) in [6.07, 6.45) is 2.17. The zero-order chi connectivity index (χ0) is 17.4. The second-order valence-corrected chi connectivity index (χ2v) is 6.81. The summed E-state index contributed by atoms with van der Waals surface area (Å²) in [5.74, 6) is 0. The average molecular weight is 318 g/mol. The Morgan fingerprint density at radius 3 is 2.04 bits per heavy atom. The Morgan fingerprint density at radius 1 is 0.667 bits per heavy atom. The SMILES string of the molecule is Cc1ccc(-c2cccc(-c3cc(C)c(C)cc3C)[n+]2C)[n+](C)c1. The van der Waals surface area contributed by atoms with Crippen LogP contribution in [0.15, 0.2) is 48.7 Å². The highest BCUT2D eigenvalue weighted by Crippen LogP contribution is 2.25. The van der Waals surface area contributed by atoms with Gasteiger partial charge in [0.05, 0.1) is 0 Å². The molecule has 0 saturated heterocycles. The molecule has 0 spiro atoms. The molecule has 0 aliphatic heterocycles. The minimum absolute atomic E-state index is 1.21. The van der Waals surface area contributed by atoms with E-state index in [9.17, 15) is 0 Å². The summed E-state index contributed by atoms with van der Waals surface area (Å²) in [6.45, 7) is 8.68. The smallest absolute Gasteiger partial charge is 0.196 e. The predicted octanol–water partition coefficient (Wildman–Crippen LogP) is 3.90. The van der Waals surface area contributed by atoms with Crippen LogP contribution in [0.5, 0.6) is 0 Å². The highest BCUT2D eigenvalue weighted by molar-refractivity contribution is 5.64. The maximum absolute atomic E-state index is 2.30. The van der Waals surface area contributed by atoms with E-state index in [1.165, 1.54) is 44.9 Å². The molecular weight excluding hydrogens is 292 g/mol. The van der Waals surface area contributed by atoms with Crippen molar-refractivity contribution in [3.05, 3.63) is 70.9 Å². The van der Waals surface area contributed by atoms with E-state index in [4.69, 9.17) is 0 Å². The van der Waals surface area contributed by atoms with Gasteiger partial charge in [-0.25, -0.2) is 0 Å². The van der Waals surface area contributed by atoms with Gasteiger partial charge >= 0.3 is 0 Å². The number of pyridine rings is 2. The highest BCUT2D eigenvalue weighted by atomic mass is 15.0. The number of rotatable bonds is 2. The molecular formula is C22H26N2+2. The topological polar surface area (TPSA) is 7.76 Å². The Morgan fingerprint density at radius 2 is 1.33 bits per heavy atom. The van der Waals surface area contributed by atoms with E-state index in [1.54, 1.807) is 0 Å². The van der Waals surface area contributed by atoms with Crippen molar-refractivity contribution in [1.29, 1.82) is 0 Å². The van der Waals surface area contributed by atoms with E-state index in [-0.39, 0.29) is 0 Å². The van der Waals surface area contributed by atoms with Crippen LogP contribution >= 0.6 is 0 Å². The molecule has 0 unspecified atom stereocenters. The van der Waals surface area contributed by atoms with Crippen molar-refractivity contribution in [2.45, 2.75) is 27.7 Å². The molecule has 0 N–H and O–H groups in total. The maximum Gasteiger partial charge on any atom is 0.277 e. The summed E-state index contributed by atoms with van der Waals surface area (Å²) >= 11 is 0. The lowest BCUT2D eigenvalue weighted by Gasteiger charge is -2.10. The first kappa shape index (κ1) is 16.4. The number of nitrogens with zero attached hydrogens (tertiary/aromatic N) is 2. The summed E-state index contributed by atoms with van der Waals surface area (Å²) in [7, 11) is 4.26. The molecule has 0 fully saturated rings. The third-order valence-electron chi connectivity index (χ3n) is 4.89. The fourth-order valence-electron chi connectivity index (χ4n) is 3.36. The molecule has 3 aromatic rings. The van der Waals surface area contributed by atoms with Gasteiger partial charge < -0.3 is 0 Å². The van der Waals surface area contributed by atoms with Gasteiger partial charge in [0.2, 0.25) is 5.69 Å². The second kappa shape index (κ2) is 6.20. The number of aryl methyl sites for hydroxylation is 5. The van der Waals surface area contributed by atoms with Gasteiger partial charge in [0.25, 0.3) is 11.4 Å². The monoisotopic (exact) mass is 318 g/mol. The standard InChI is InChI=1S/C22H26N2/c1-15-10-11-21(23(5)14-15)22-9-7-8-20(24(22)6)19-13-17(3)16(2)12-18(19)4/h7-14H,1-6H3/q+2. The fourth-order valence-corrected chi connectivity index (χ4v) is 3.36. The molecule has 0 bridgehead atoms. The minimum Gasteiger partial charge on any atom is -0.196 e. The van der Waals surface area contributed by atoms with Crippen LogP contribution in [0, 0.1) is 27.7 Å². The Kier molecular flexibility index (Phi) is 4.23. The van der Waals surface area contributed by atoms with Crippen molar-refractivity contribution in [3.63, 3.8) is 0 Å². The van der Waals surface area contributed by atoms with Crippen LogP contribution in [-0.2, 0) is 14.1 Å². The van der Waals surface area contributed by atoms with Crippen molar-refractivity contribution >= 4 is 0 Å². The van der Waals surface area contributed by atoms with Crippen LogP contribution in [0.2, 0.25) is 0 Å². The maximum atomic E-state index is 2.30. The van der Waals surface area contributed by atoms with Crippen LogP contribution in [0.4, 0.5) is 0 Å². The molecule has 3 rings (SSSR count). The molecule has 0 atom stereocenters. The fraction of sp³-hybridized carbons (Fsp3) is 0.273. The molecule has 1 aromatic carbocycles. The van der Waals surface area contributed by atoms with Gasteiger partial charge in [-0.05, 0) is 62.6 Å². The summed E-state index contributed by atoms with van der Waals surface area (Å²) in [4.78, 5) is 0. The summed E-state index contributed by atoms with van der Waals surface area (Å²) in [5, 5.41) is 0. The van der Waals surface area contributed by atoms with Crippen molar-refractivity contribution in [1.82, 2.24) is 0 Å². The second-order valence-electron chi connectivity index (χ2n) is 6.81. The molecule has 2 aromatic heterocycles. The molecule has 2 heterocycles. The van der Waals surface area contributed by atoms with Gasteiger partial charge in [-0.3, -0.25) is 0 Å². The van der Waals surface area contributed by atoms with E-state index in [2.05, 4.69) is 99.6 Å². The van der Waals surface area contributed by atoms with Gasteiger partial charge in [-0.15, -0.1) is 0 Å². The molecule has 0 aliphatic carbocycles. The zero-order valence-electron chi connectivity index (χ0n) is 15.5. The third kappa shape index (κ3) is 2.84. The first-order chi connectivity index (χ1) is 11.4. The normalized spacial score (nSPS) is 10.9. The Balaban J connectivity index is 2.21. The first-order valence-electron chi connectivity index (χ1n) is 8.42. The molecule has 0 aliphatic rings. The summed E-state index contributed by atoms with van der Waals surface area (Å²) < 4.78 is 4.49. The lowest BCUT2D eigenvalue weighted by Crippen LogP contribution is -2.40. The Bertz CT molecular complexity index is 923. The lowest BCUT2D eigenvalue weighted by molar-refractivity contribution is -0.685. The van der Waals surface area contributed by atoms with Crippen LogP contribution < -0.4 is 9.13 Å². The van der Waals surface area contributed by atoms with Crippen LogP contribution in [0.3, 0.4) is 0 Å². The van der Waals surface area contributed by atoms with Crippen molar-refractivity contribution in [2.24, 2.45) is 14.1 Å². The molecule has 0 saturated carbocycles. The van der Waals surface area contributed by atoms with Crippen LogP contribution in [-0.4, -0.2) is 0 Å². The summed E-state index contributed by atoms with van der Waals surface area (Å²) in [6, 6.07) is 15.5. The molecule has 122 valence electrons. The average Bonchev–Trinajstić information content (AvgIpc) is 2.52. The van der Waals surface area contributed by atoms with E-state index >= 15 is 0 Å². The van der Waals surface area contributed by atoms with Gasteiger partial charge in [-0.1, -0.05) is 6.07 Å². The minimum atomic E-state index is 1.21. The number of hydrogen-bond donors (Lipinski definition) is 0. The Hall–Kier alpha value is -2.48. The van der Waals surface area contributed by atoms with Crippen molar-refractivity contribution < 1.29 is 9.13 Å². The van der Waals surface area contributed by atoms with Gasteiger partial charge in [0.15, 0.2) is 6.20 Å². The quantitative estimate of drug-likeness (QED) is 0.633. The number of hydrogen-bond acceptors (Lipinski definition) is 0. The van der Waals surface area contributed by atoms with Gasteiger partial charge in [-0.2, -0.15) is 9.13 Å². The van der Waals surface area contributed by atoms with E-state index in [1.807, 2.05) is 0 Å².